The van der Waals surface area contributed by atoms with Crippen LogP contribution in [-0.4, -0.2) is 73.4 Å². The van der Waals surface area contributed by atoms with Crippen molar-refractivity contribution in [3.63, 3.8) is 0 Å². The summed E-state index contributed by atoms with van der Waals surface area (Å²) in [6, 6.07) is -0.754. The fraction of sp³-hybridized carbons (Fsp3) is 0.863. The molecule has 0 aromatic rings. The molecule has 1 amide bonds. The first-order valence-corrected chi connectivity index (χ1v) is 26.8. The molecule has 0 spiro atoms. The third-order valence-corrected chi connectivity index (χ3v) is 12.4. The van der Waals surface area contributed by atoms with Crippen molar-refractivity contribution >= 4 is 13.7 Å². The standard InChI is InChI=1S/C51H99N2O6P/c1-6-8-10-11-12-13-14-15-16-17-18-19-20-21-22-23-24-25-26-27-28-29-30-31-32-33-34-35-36-37-38-39-40-41-43-45-51(55)52-49(50(54)44-42-9-7-2)48-59-60(56,57)58-47-46-53(3,4)5/h14-15,17-18,20-21,49-50,54H,6-13,16,19,22-48H2,1-5H3,(H-,52,55,56,57)/p+1/b15-14-,18-17-,21-20-. The first-order valence-electron chi connectivity index (χ1n) is 25.4. The first kappa shape index (κ1) is 58.7. The quantitative estimate of drug-likeness (QED) is 0.0244. The molecule has 0 heterocycles. The topological polar surface area (TPSA) is 105 Å². The lowest BCUT2D eigenvalue weighted by atomic mass is 10.0. The number of hydrogen-bond acceptors (Lipinski definition) is 5. The molecule has 0 aromatic heterocycles. The van der Waals surface area contributed by atoms with E-state index in [2.05, 4.69) is 55.6 Å². The second-order valence-electron chi connectivity index (χ2n) is 18.5. The molecule has 0 bridgehead atoms. The van der Waals surface area contributed by atoms with E-state index in [9.17, 15) is 19.4 Å². The first-order chi connectivity index (χ1) is 29.0. The summed E-state index contributed by atoms with van der Waals surface area (Å²) in [5, 5.41) is 13.6. The number of unbranched alkanes of at least 4 members (excludes halogenated alkanes) is 27. The van der Waals surface area contributed by atoms with Crippen molar-refractivity contribution in [2.75, 3.05) is 40.9 Å². The molecular formula is C51H100N2O6P+. The van der Waals surface area contributed by atoms with Gasteiger partial charge in [-0.25, -0.2) is 4.57 Å². The summed E-state index contributed by atoms with van der Waals surface area (Å²) in [4.78, 5) is 22.9. The van der Waals surface area contributed by atoms with Crippen molar-refractivity contribution in [2.24, 2.45) is 0 Å². The lowest BCUT2D eigenvalue weighted by molar-refractivity contribution is -0.870. The van der Waals surface area contributed by atoms with E-state index in [0.717, 1.165) is 51.4 Å². The van der Waals surface area contributed by atoms with Crippen molar-refractivity contribution < 1.29 is 32.9 Å². The maximum absolute atomic E-state index is 12.7. The number of quaternary nitrogens is 1. The third-order valence-electron chi connectivity index (χ3n) is 11.4. The Labute approximate surface area is 372 Å². The van der Waals surface area contributed by atoms with Crippen molar-refractivity contribution in [3.8, 4) is 0 Å². The van der Waals surface area contributed by atoms with Crippen LogP contribution in [0.2, 0.25) is 0 Å². The average Bonchev–Trinajstić information content (AvgIpc) is 3.20. The SMILES string of the molecule is CCCCCCC/C=C\C/C=C\C/C=C\CCCCCCCCCCCCCCCCCCCCCCC(=O)NC(COP(=O)(O)OCC[N+](C)(C)C)C(O)CCCCC. The summed E-state index contributed by atoms with van der Waals surface area (Å²) < 4.78 is 23.3. The number of phosphoric acid groups is 1. The molecule has 0 saturated carbocycles. The molecule has 0 rings (SSSR count). The van der Waals surface area contributed by atoms with E-state index in [4.69, 9.17) is 9.05 Å². The molecule has 0 aliphatic rings. The van der Waals surface area contributed by atoms with Crippen LogP contribution >= 0.6 is 7.82 Å². The second-order valence-corrected chi connectivity index (χ2v) is 20.0. The number of carbonyl (C=O) groups is 1. The fourth-order valence-electron chi connectivity index (χ4n) is 7.35. The van der Waals surface area contributed by atoms with Crippen LogP contribution in [0.5, 0.6) is 0 Å². The zero-order valence-corrected chi connectivity index (χ0v) is 41.1. The van der Waals surface area contributed by atoms with Gasteiger partial charge in [-0.3, -0.25) is 13.8 Å². The van der Waals surface area contributed by atoms with Crippen molar-refractivity contribution in [3.05, 3.63) is 36.5 Å². The van der Waals surface area contributed by atoms with Crippen LogP contribution in [0.1, 0.15) is 232 Å². The predicted octanol–water partition coefficient (Wildman–Crippen LogP) is 14.6. The molecule has 60 heavy (non-hydrogen) atoms. The number of phosphoric ester groups is 1. The Morgan fingerprint density at radius 1 is 0.567 bits per heavy atom. The Morgan fingerprint density at radius 2 is 0.950 bits per heavy atom. The van der Waals surface area contributed by atoms with Gasteiger partial charge in [0.15, 0.2) is 0 Å². The monoisotopic (exact) mass is 868 g/mol. The molecule has 0 aromatic carbocycles. The number of allylic oxidation sites excluding steroid dienone is 6. The highest BCUT2D eigenvalue weighted by Crippen LogP contribution is 2.43. The summed E-state index contributed by atoms with van der Waals surface area (Å²) >= 11 is 0. The van der Waals surface area contributed by atoms with Gasteiger partial charge in [0.2, 0.25) is 5.91 Å². The van der Waals surface area contributed by atoms with Gasteiger partial charge in [-0.15, -0.1) is 0 Å². The molecule has 0 fully saturated rings. The largest absolute Gasteiger partial charge is 0.472 e. The van der Waals surface area contributed by atoms with Gasteiger partial charge in [0, 0.05) is 6.42 Å². The molecule has 0 aliphatic carbocycles. The minimum atomic E-state index is -4.29. The third kappa shape index (κ3) is 44.8. The number of hydrogen-bond donors (Lipinski definition) is 3. The summed E-state index contributed by atoms with van der Waals surface area (Å²) in [5.74, 6) is -0.154. The summed E-state index contributed by atoms with van der Waals surface area (Å²) in [5.41, 5.74) is 0. The van der Waals surface area contributed by atoms with E-state index in [-0.39, 0.29) is 19.1 Å². The molecule has 3 unspecified atom stereocenters. The van der Waals surface area contributed by atoms with Crippen LogP contribution < -0.4 is 5.32 Å². The molecule has 3 atom stereocenters. The van der Waals surface area contributed by atoms with Gasteiger partial charge in [0.1, 0.15) is 13.2 Å². The van der Waals surface area contributed by atoms with Crippen LogP contribution in [0.3, 0.4) is 0 Å². The Bertz CT molecular complexity index is 1070. The predicted molar refractivity (Wildman–Crippen MR) is 258 cm³/mol. The van der Waals surface area contributed by atoms with Crippen LogP contribution in [0.25, 0.3) is 0 Å². The van der Waals surface area contributed by atoms with Crippen LogP contribution in [0, 0.1) is 0 Å². The normalized spacial score (nSPS) is 14.4. The number of aliphatic hydroxyl groups is 1. The number of carbonyl (C=O) groups excluding carboxylic acids is 1. The molecule has 0 aliphatic heterocycles. The molecule has 354 valence electrons. The Balaban J connectivity index is 3.68. The van der Waals surface area contributed by atoms with Crippen molar-refractivity contribution in [2.45, 2.75) is 244 Å². The molecule has 0 radical (unpaired) electrons. The lowest BCUT2D eigenvalue weighted by Gasteiger charge is -2.26. The maximum atomic E-state index is 12.7. The minimum absolute atomic E-state index is 0.0739. The van der Waals surface area contributed by atoms with Crippen molar-refractivity contribution in [1.82, 2.24) is 5.32 Å². The number of aliphatic hydroxyl groups excluding tert-OH is 1. The second kappa shape index (κ2) is 43.0. The van der Waals surface area contributed by atoms with E-state index >= 15 is 0 Å². The maximum Gasteiger partial charge on any atom is 0.472 e. The number of nitrogens with one attached hydrogen (secondary N) is 1. The van der Waals surface area contributed by atoms with Crippen LogP contribution in [0.4, 0.5) is 0 Å². The van der Waals surface area contributed by atoms with Gasteiger partial charge in [-0.2, -0.15) is 0 Å². The summed E-state index contributed by atoms with van der Waals surface area (Å²) in [6.45, 7) is 4.72. The summed E-state index contributed by atoms with van der Waals surface area (Å²) in [6.07, 6.45) is 54.4. The highest BCUT2D eigenvalue weighted by molar-refractivity contribution is 7.47. The van der Waals surface area contributed by atoms with E-state index in [0.29, 0.717) is 23.9 Å². The minimum Gasteiger partial charge on any atom is -0.391 e. The Hall–Kier alpha value is -1.28. The highest BCUT2D eigenvalue weighted by Gasteiger charge is 2.28. The molecule has 3 N–H and O–H groups in total. The lowest BCUT2D eigenvalue weighted by Crippen LogP contribution is -2.46. The highest BCUT2D eigenvalue weighted by atomic mass is 31.2. The van der Waals surface area contributed by atoms with E-state index < -0.39 is 20.0 Å². The number of amides is 1. The Morgan fingerprint density at radius 3 is 1.38 bits per heavy atom. The van der Waals surface area contributed by atoms with E-state index in [1.54, 1.807) is 0 Å². The Kier molecular flexibility index (Phi) is 42.1. The number of nitrogens with zero attached hydrogens (tertiary/aromatic N) is 1. The number of likely N-dealkylation sites (N-methyl/N-ethyl adjacent to an activating group) is 1. The molecule has 9 heteroatoms. The zero-order valence-electron chi connectivity index (χ0n) is 40.2. The smallest absolute Gasteiger partial charge is 0.391 e. The van der Waals surface area contributed by atoms with Gasteiger partial charge in [0.05, 0.1) is 39.9 Å². The van der Waals surface area contributed by atoms with Crippen molar-refractivity contribution in [1.29, 1.82) is 0 Å². The number of rotatable bonds is 46. The van der Waals surface area contributed by atoms with E-state index in [1.165, 1.54) is 154 Å². The van der Waals surface area contributed by atoms with Gasteiger partial charge >= 0.3 is 7.82 Å². The summed E-state index contributed by atoms with van der Waals surface area (Å²) in [7, 11) is 1.61. The molecule has 8 nitrogen and oxygen atoms in total. The molecular weight excluding hydrogens is 768 g/mol. The average molecular weight is 868 g/mol. The fourth-order valence-corrected chi connectivity index (χ4v) is 8.08. The van der Waals surface area contributed by atoms with Gasteiger partial charge in [-0.05, 0) is 51.4 Å². The zero-order chi connectivity index (χ0) is 44.3. The van der Waals surface area contributed by atoms with Gasteiger partial charge < -0.3 is 19.8 Å². The van der Waals surface area contributed by atoms with Gasteiger partial charge in [-0.1, -0.05) is 211 Å². The molecule has 0 saturated heterocycles. The van der Waals surface area contributed by atoms with Gasteiger partial charge in [0.25, 0.3) is 0 Å². The van der Waals surface area contributed by atoms with Crippen LogP contribution in [0.15, 0.2) is 36.5 Å². The van der Waals surface area contributed by atoms with Crippen LogP contribution in [-0.2, 0) is 18.4 Å². The van der Waals surface area contributed by atoms with E-state index in [1.807, 2.05) is 21.1 Å².